The number of amides is 1. The van der Waals surface area contributed by atoms with E-state index in [9.17, 15) is 4.79 Å². The topological polar surface area (TPSA) is 84.3 Å². The van der Waals surface area contributed by atoms with Crippen LogP contribution in [0.15, 0.2) is 79.3 Å². The average Bonchev–Trinajstić information content (AvgIpc) is 3.42. The number of aromatic nitrogens is 3. The van der Waals surface area contributed by atoms with E-state index >= 15 is 0 Å². The summed E-state index contributed by atoms with van der Waals surface area (Å²) >= 11 is 5.81. The molecule has 2 N–H and O–H groups in total. The highest BCUT2D eigenvalue weighted by Gasteiger charge is 2.41. The summed E-state index contributed by atoms with van der Waals surface area (Å²) in [5.41, 5.74) is 5.85. The second-order valence-electron chi connectivity index (χ2n) is 9.19. The van der Waals surface area contributed by atoms with Crippen LogP contribution < -0.4 is 15.4 Å². The van der Waals surface area contributed by atoms with Crippen LogP contribution in [0.2, 0.25) is 0 Å². The van der Waals surface area contributed by atoms with E-state index in [1.54, 1.807) is 19.5 Å². The molecule has 0 aliphatic carbocycles. The number of carbonyl (C=O) groups excluding carboxylic acids is 1. The SMILES string of the molecule is COc1ccccc1NC(=O)CCN1C(=S)N[C@@H](c2ccccn2)[C@H]1c1cc(C)n(-c2cccnc2)c1C. The van der Waals surface area contributed by atoms with Crippen LogP contribution >= 0.6 is 12.2 Å². The van der Waals surface area contributed by atoms with E-state index in [0.29, 0.717) is 23.1 Å². The van der Waals surface area contributed by atoms with Gasteiger partial charge in [0.1, 0.15) is 5.75 Å². The van der Waals surface area contributed by atoms with Gasteiger partial charge < -0.3 is 24.8 Å². The third-order valence-electron chi connectivity index (χ3n) is 6.85. The van der Waals surface area contributed by atoms with Crippen molar-refractivity contribution in [2.24, 2.45) is 0 Å². The van der Waals surface area contributed by atoms with Crippen molar-refractivity contribution >= 4 is 28.9 Å². The van der Waals surface area contributed by atoms with E-state index in [1.165, 1.54) is 0 Å². The summed E-state index contributed by atoms with van der Waals surface area (Å²) in [7, 11) is 1.59. The number of nitrogens with one attached hydrogen (secondary N) is 2. The molecule has 5 rings (SSSR count). The largest absolute Gasteiger partial charge is 0.495 e. The molecule has 8 nitrogen and oxygen atoms in total. The van der Waals surface area contributed by atoms with Crippen molar-refractivity contribution in [1.82, 2.24) is 24.8 Å². The van der Waals surface area contributed by atoms with Gasteiger partial charge in [0.05, 0.1) is 42.5 Å². The summed E-state index contributed by atoms with van der Waals surface area (Å²) < 4.78 is 7.57. The van der Waals surface area contributed by atoms with Gasteiger partial charge in [-0.1, -0.05) is 18.2 Å². The maximum absolute atomic E-state index is 13.0. The molecule has 194 valence electrons. The second kappa shape index (κ2) is 11.0. The van der Waals surface area contributed by atoms with Gasteiger partial charge in [-0.3, -0.25) is 14.8 Å². The van der Waals surface area contributed by atoms with Crippen LogP contribution in [-0.2, 0) is 4.79 Å². The van der Waals surface area contributed by atoms with Gasteiger partial charge in [-0.25, -0.2) is 0 Å². The number of nitrogens with zero attached hydrogens (tertiary/aromatic N) is 4. The Kier molecular flexibility index (Phi) is 7.37. The number of rotatable bonds is 8. The van der Waals surface area contributed by atoms with E-state index in [4.69, 9.17) is 17.0 Å². The third kappa shape index (κ3) is 4.97. The van der Waals surface area contributed by atoms with E-state index in [0.717, 1.165) is 28.3 Å². The number of ether oxygens (including phenoxy) is 1. The van der Waals surface area contributed by atoms with Crippen molar-refractivity contribution in [1.29, 1.82) is 0 Å². The minimum atomic E-state index is -0.163. The lowest BCUT2D eigenvalue weighted by Gasteiger charge is -2.28. The Labute approximate surface area is 227 Å². The quantitative estimate of drug-likeness (QED) is 0.316. The number of hydrogen-bond acceptors (Lipinski definition) is 5. The molecular formula is C29H30N6O2S. The number of aryl methyl sites for hydroxylation is 1. The number of pyridine rings is 2. The normalized spacial score (nSPS) is 16.8. The number of hydrogen-bond donors (Lipinski definition) is 2. The van der Waals surface area contributed by atoms with Gasteiger partial charge in [-0.15, -0.1) is 0 Å². The number of anilines is 1. The summed E-state index contributed by atoms with van der Waals surface area (Å²) in [6.45, 7) is 4.64. The first kappa shape index (κ1) is 25.4. The molecule has 1 fully saturated rings. The molecular weight excluding hydrogens is 496 g/mol. The molecule has 38 heavy (non-hydrogen) atoms. The maximum atomic E-state index is 13.0. The van der Waals surface area contributed by atoms with Gasteiger partial charge >= 0.3 is 0 Å². The van der Waals surface area contributed by atoms with Crippen molar-refractivity contribution in [3.05, 3.63) is 102 Å². The molecule has 0 bridgehead atoms. The lowest BCUT2D eigenvalue weighted by Crippen LogP contribution is -2.33. The Hall–Kier alpha value is -4.24. The molecule has 1 aliphatic rings. The molecule has 4 heterocycles. The Morgan fingerprint density at radius 1 is 1.11 bits per heavy atom. The van der Waals surface area contributed by atoms with Gasteiger partial charge in [0.15, 0.2) is 5.11 Å². The van der Waals surface area contributed by atoms with Gasteiger partial charge in [0, 0.05) is 36.7 Å². The lowest BCUT2D eigenvalue weighted by atomic mass is 9.96. The van der Waals surface area contributed by atoms with Crippen molar-refractivity contribution in [2.45, 2.75) is 32.4 Å². The molecule has 1 saturated heterocycles. The van der Waals surface area contributed by atoms with Gasteiger partial charge in [0.2, 0.25) is 5.91 Å². The van der Waals surface area contributed by atoms with Crippen LogP contribution in [0.1, 0.15) is 41.1 Å². The summed E-state index contributed by atoms with van der Waals surface area (Å²) in [6, 6.07) is 19.1. The zero-order chi connectivity index (χ0) is 26.6. The van der Waals surface area contributed by atoms with Crippen molar-refractivity contribution in [3.8, 4) is 11.4 Å². The Morgan fingerprint density at radius 2 is 1.92 bits per heavy atom. The molecule has 1 aliphatic heterocycles. The first-order valence-electron chi connectivity index (χ1n) is 12.5. The predicted octanol–water partition coefficient (Wildman–Crippen LogP) is 4.89. The molecule has 4 aromatic rings. The van der Waals surface area contributed by atoms with Crippen molar-refractivity contribution in [3.63, 3.8) is 0 Å². The number of benzene rings is 1. The number of para-hydroxylation sites is 2. The Bertz CT molecular complexity index is 1440. The zero-order valence-corrected chi connectivity index (χ0v) is 22.4. The molecule has 2 atom stereocenters. The highest BCUT2D eigenvalue weighted by atomic mass is 32.1. The van der Waals surface area contributed by atoms with Crippen LogP contribution in [0.25, 0.3) is 5.69 Å². The summed E-state index contributed by atoms with van der Waals surface area (Å²) in [5.74, 6) is 0.508. The first-order chi connectivity index (χ1) is 18.5. The summed E-state index contributed by atoms with van der Waals surface area (Å²) in [4.78, 5) is 24.0. The van der Waals surface area contributed by atoms with Gasteiger partial charge in [-0.05, 0) is 74.1 Å². The fraction of sp³-hybridized carbons (Fsp3) is 0.241. The van der Waals surface area contributed by atoms with Crippen LogP contribution in [0.4, 0.5) is 5.69 Å². The smallest absolute Gasteiger partial charge is 0.226 e. The van der Waals surface area contributed by atoms with Crippen LogP contribution in [0.5, 0.6) is 5.75 Å². The summed E-state index contributed by atoms with van der Waals surface area (Å²) in [5, 5.41) is 7.04. The number of thiocarbonyl (C=S) groups is 1. The molecule has 0 unspecified atom stereocenters. The monoisotopic (exact) mass is 526 g/mol. The first-order valence-corrected chi connectivity index (χ1v) is 12.9. The highest BCUT2D eigenvalue weighted by molar-refractivity contribution is 7.80. The van der Waals surface area contributed by atoms with E-state index in [-0.39, 0.29) is 24.4 Å². The zero-order valence-electron chi connectivity index (χ0n) is 21.6. The standard InChI is InChI=1S/C29H30N6O2S/c1-19-17-22(20(2)35(19)21-9-8-14-30-18-21)28-27(24-11-6-7-15-31-24)33-29(38)34(28)16-13-26(36)32-23-10-4-5-12-25(23)37-3/h4-12,14-15,17-18,27-28H,13,16H2,1-3H3,(H,32,36)(H,33,38)/t27-,28+/m0/s1. The minimum Gasteiger partial charge on any atom is -0.495 e. The van der Waals surface area contributed by atoms with E-state index in [1.807, 2.05) is 60.8 Å². The Morgan fingerprint density at radius 3 is 2.66 bits per heavy atom. The molecule has 1 aromatic carbocycles. The number of methoxy groups -OCH3 is 1. The fourth-order valence-corrected chi connectivity index (χ4v) is 5.47. The van der Waals surface area contributed by atoms with Crippen molar-refractivity contribution < 1.29 is 9.53 Å². The van der Waals surface area contributed by atoms with E-state index < -0.39 is 0 Å². The molecule has 0 saturated carbocycles. The van der Waals surface area contributed by atoms with Crippen LogP contribution in [0.3, 0.4) is 0 Å². The fourth-order valence-electron chi connectivity index (χ4n) is 5.14. The molecule has 9 heteroatoms. The maximum Gasteiger partial charge on any atom is 0.226 e. The summed E-state index contributed by atoms with van der Waals surface area (Å²) in [6.07, 6.45) is 5.68. The number of carbonyl (C=O) groups is 1. The van der Waals surface area contributed by atoms with Crippen LogP contribution in [-0.4, -0.2) is 44.1 Å². The Balaban J connectivity index is 1.45. The van der Waals surface area contributed by atoms with Gasteiger partial charge in [-0.2, -0.15) is 0 Å². The lowest BCUT2D eigenvalue weighted by molar-refractivity contribution is -0.116. The molecule has 1 amide bonds. The van der Waals surface area contributed by atoms with Crippen LogP contribution in [0, 0.1) is 13.8 Å². The van der Waals surface area contributed by atoms with Crippen molar-refractivity contribution in [2.75, 3.05) is 19.0 Å². The molecule has 3 aromatic heterocycles. The van der Waals surface area contributed by atoms with Gasteiger partial charge in [0.25, 0.3) is 0 Å². The average molecular weight is 527 g/mol. The molecule has 0 spiro atoms. The third-order valence-corrected chi connectivity index (χ3v) is 7.20. The predicted molar refractivity (Wildman–Crippen MR) is 151 cm³/mol. The second-order valence-corrected chi connectivity index (χ2v) is 9.58. The van der Waals surface area contributed by atoms with E-state index in [2.05, 4.69) is 50.0 Å². The highest BCUT2D eigenvalue weighted by Crippen LogP contribution is 2.41. The minimum absolute atomic E-state index is 0.113. The molecule has 0 radical (unpaired) electrons.